The molecule has 4 rings (SSSR count). The molecule has 0 bridgehead atoms. The number of guanidine groups is 1. The molecule has 1 aromatic heterocycles. The molecule has 29 heavy (non-hydrogen) atoms. The molecule has 1 aliphatic heterocycles. The number of anilines is 1. The van der Waals surface area contributed by atoms with Gasteiger partial charge in [-0.3, -0.25) is 4.99 Å². The first-order valence-corrected chi connectivity index (χ1v) is 10.5. The average molecular weight is 397 g/mol. The number of nitrogens with zero attached hydrogens (tertiary/aromatic N) is 5. The highest BCUT2D eigenvalue weighted by atomic mass is 19.1. The minimum atomic E-state index is -0.180. The molecule has 1 saturated carbocycles. The van der Waals surface area contributed by atoms with E-state index in [1.807, 2.05) is 18.2 Å². The Morgan fingerprint density at radius 3 is 2.38 bits per heavy atom. The van der Waals surface area contributed by atoms with E-state index >= 15 is 0 Å². The summed E-state index contributed by atoms with van der Waals surface area (Å²) in [5.74, 6) is 1.58. The summed E-state index contributed by atoms with van der Waals surface area (Å²) in [6, 6.07) is 8.82. The van der Waals surface area contributed by atoms with Crippen LogP contribution in [0.4, 0.5) is 10.3 Å². The molecule has 6 nitrogen and oxygen atoms in total. The van der Waals surface area contributed by atoms with Crippen molar-refractivity contribution in [3.05, 3.63) is 54.1 Å². The molecule has 2 heterocycles. The minimum absolute atomic E-state index is 0.0497. The van der Waals surface area contributed by atoms with E-state index in [0.29, 0.717) is 0 Å². The van der Waals surface area contributed by atoms with Gasteiger partial charge in [0.2, 0.25) is 5.95 Å². The smallest absolute Gasteiger partial charge is 0.225 e. The third kappa shape index (κ3) is 4.33. The molecule has 0 unspecified atom stereocenters. The van der Waals surface area contributed by atoms with Gasteiger partial charge in [0.05, 0.1) is 6.54 Å². The van der Waals surface area contributed by atoms with Crippen LogP contribution >= 0.6 is 0 Å². The predicted octanol–water partition coefficient (Wildman–Crippen LogP) is 2.83. The lowest BCUT2D eigenvalue weighted by Crippen LogP contribution is -2.53. The molecular weight excluding hydrogens is 367 g/mol. The Kier molecular flexibility index (Phi) is 5.92. The van der Waals surface area contributed by atoms with Crippen LogP contribution in [0.3, 0.4) is 0 Å². The van der Waals surface area contributed by atoms with Crippen molar-refractivity contribution < 1.29 is 4.39 Å². The van der Waals surface area contributed by atoms with Crippen LogP contribution in [0.15, 0.2) is 47.7 Å². The summed E-state index contributed by atoms with van der Waals surface area (Å²) in [5.41, 5.74) is 1.25. The maximum absolute atomic E-state index is 13.4. The summed E-state index contributed by atoms with van der Waals surface area (Å²) >= 11 is 0. The standard InChI is InChI=1S/C22H29FN6/c1-2-24-20(28-13-15-29(16-14-28)21-25-11-4-12-26-21)27-17-22(9-3-10-22)18-5-7-19(23)8-6-18/h4-8,11-12H,2-3,9-10,13-17H2,1H3,(H,24,27). The number of aromatic nitrogens is 2. The zero-order valence-corrected chi connectivity index (χ0v) is 17.0. The lowest BCUT2D eigenvalue weighted by molar-refractivity contribution is 0.251. The number of hydrogen-bond donors (Lipinski definition) is 1. The Labute approximate surface area is 171 Å². The number of hydrogen-bond acceptors (Lipinski definition) is 4. The average Bonchev–Trinajstić information content (AvgIpc) is 2.74. The third-order valence-electron chi connectivity index (χ3n) is 6.05. The Morgan fingerprint density at radius 1 is 1.10 bits per heavy atom. The fourth-order valence-corrected chi connectivity index (χ4v) is 4.17. The molecule has 0 atom stereocenters. The molecule has 1 aromatic carbocycles. The van der Waals surface area contributed by atoms with Crippen molar-refractivity contribution >= 4 is 11.9 Å². The topological polar surface area (TPSA) is 56.7 Å². The van der Waals surface area contributed by atoms with Crippen LogP contribution in [0.5, 0.6) is 0 Å². The van der Waals surface area contributed by atoms with Gasteiger partial charge < -0.3 is 15.1 Å². The van der Waals surface area contributed by atoms with Gasteiger partial charge in [0.25, 0.3) is 0 Å². The van der Waals surface area contributed by atoms with E-state index in [-0.39, 0.29) is 11.2 Å². The van der Waals surface area contributed by atoms with Crippen molar-refractivity contribution in [1.29, 1.82) is 0 Å². The SMILES string of the molecule is CCNC(=NCC1(c2ccc(F)cc2)CCC1)N1CCN(c2ncccn2)CC1. The molecule has 1 aliphatic carbocycles. The van der Waals surface area contributed by atoms with Gasteiger partial charge >= 0.3 is 0 Å². The summed E-state index contributed by atoms with van der Waals surface area (Å²) in [6.07, 6.45) is 7.00. The number of halogens is 1. The van der Waals surface area contributed by atoms with E-state index in [9.17, 15) is 4.39 Å². The van der Waals surface area contributed by atoms with Crippen LogP contribution < -0.4 is 10.2 Å². The fourth-order valence-electron chi connectivity index (χ4n) is 4.17. The number of rotatable bonds is 5. The van der Waals surface area contributed by atoms with Gasteiger partial charge in [-0.15, -0.1) is 0 Å². The van der Waals surface area contributed by atoms with Crippen molar-refractivity contribution in [2.24, 2.45) is 4.99 Å². The zero-order valence-electron chi connectivity index (χ0n) is 17.0. The normalized spacial score (nSPS) is 19.0. The molecule has 0 radical (unpaired) electrons. The van der Waals surface area contributed by atoms with Crippen molar-refractivity contribution in [2.75, 3.05) is 44.2 Å². The first-order valence-electron chi connectivity index (χ1n) is 10.5. The first kappa shape index (κ1) is 19.6. The lowest BCUT2D eigenvalue weighted by Gasteiger charge is -2.42. The molecule has 0 amide bonds. The van der Waals surface area contributed by atoms with Crippen molar-refractivity contribution in [3.8, 4) is 0 Å². The van der Waals surface area contributed by atoms with Crippen molar-refractivity contribution in [3.63, 3.8) is 0 Å². The number of benzene rings is 1. The van der Waals surface area contributed by atoms with Crippen LogP contribution in [-0.4, -0.2) is 60.1 Å². The number of aliphatic imine (C=N–C) groups is 1. The molecule has 2 fully saturated rings. The van der Waals surface area contributed by atoms with Crippen LogP contribution in [-0.2, 0) is 5.41 Å². The van der Waals surface area contributed by atoms with Gasteiger partial charge in [-0.25, -0.2) is 14.4 Å². The van der Waals surface area contributed by atoms with E-state index in [4.69, 9.17) is 4.99 Å². The first-order chi connectivity index (χ1) is 14.2. The Morgan fingerprint density at radius 2 is 1.79 bits per heavy atom. The highest BCUT2D eigenvalue weighted by molar-refractivity contribution is 5.80. The molecule has 7 heteroatoms. The van der Waals surface area contributed by atoms with Gasteiger partial charge in [0.1, 0.15) is 5.82 Å². The van der Waals surface area contributed by atoms with Crippen LogP contribution in [0, 0.1) is 5.82 Å². The second-order valence-corrected chi connectivity index (χ2v) is 7.83. The number of nitrogens with one attached hydrogen (secondary N) is 1. The van der Waals surface area contributed by atoms with E-state index in [1.165, 1.54) is 12.0 Å². The molecular formula is C22H29FN6. The second-order valence-electron chi connectivity index (χ2n) is 7.83. The van der Waals surface area contributed by atoms with Gasteiger partial charge in [-0.2, -0.15) is 0 Å². The van der Waals surface area contributed by atoms with Crippen LogP contribution in [0.2, 0.25) is 0 Å². The monoisotopic (exact) mass is 396 g/mol. The molecule has 1 N–H and O–H groups in total. The van der Waals surface area contributed by atoms with E-state index in [2.05, 4.69) is 32.0 Å². The molecule has 1 saturated heterocycles. The Bertz CT molecular complexity index is 811. The highest BCUT2D eigenvalue weighted by Crippen LogP contribution is 2.44. The summed E-state index contributed by atoms with van der Waals surface area (Å²) in [7, 11) is 0. The van der Waals surface area contributed by atoms with E-state index < -0.39 is 0 Å². The largest absolute Gasteiger partial charge is 0.357 e. The number of piperazine rings is 1. The predicted molar refractivity (Wildman–Crippen MR) is 114 cm³/mol. The molecule has 0 spiro atoms. The Hall–Kier alpha value is -2.70. The van der Waals surface area contributed by atoms with Gasteiger partial charge in [-0.05, 0) is 43.5 Å². The van der Waals surface area contributed by atoms with Gasteiger partial charge in [0.15, 0.2) is 5.96 Å². The summed E-state index contributed by atoms with van der Waals surface area (Å²) in [4.78, 5) is 18.3. The zero-order chi connectivity index (χ0) is 20.1. The third-order valence-corrected chi connectivity index (χ3v) is 6.05. The van der Waals surface area contributed by atoms with E-state index in [0.717, 1.165) is 64.0 Å². The minimum Gasteiger partial charge on any atom is -0.357 e. The molecule has 154 valence electrons. The van der Waals surface area contributed by atoms with E-state index in [1.54, 1.807) is 24.5 Å². The molecule has 2 aromatic rings. The summed E-state index contributed by atoms with van der Waals surface area (Å²) in [6.45, 7) is 7.19. The highest BCUT2D eigenvalue weighted by Gasteiger charge is 2.38. The molecule has 2 aliphatic rings. The quantitative estimate of drug-likeness (QED) is 0.622. The van der Waals surface area contributed by atoms with Crippen LogP contribution in [0.25, 0.3) is 0 Å². The van der Waals surface area contributed by atoms with Crippen molar-refractivity contribution in [2.45, 2.75) is 31.6 Å². The summed E-state index contributed by atoms with van der Waals surface area (Å²) < 4.78 is 13.4. The maximum Gasteiger partial charge on any atom is 0.225 e. The van der Waals surface area contributed by atoms with Gasteiger partial charge in [-0.1, -0.05) is 18.6 Å². The van der Waals surface area contributed by atoms with Crippen LogP contribution in [0.1, 0.15) is 31.7 Å². The second kappa shape index (κ2) is 8.76. The Balaban J connectivity index is 1.43. The maximum atomic E-state index is 13.4. The lowest BCUT2D eigenvalue weighted by atomic mass is 9.64. The fraction of sp³-hybridized carbons (Fsp3) is 0.500. The van der Waals surface area contributed by atoms with Gasteiger partial charge in [0, 0.05) is 50.5 Å². The van der Waals surface area contributed by atoms with Crippen molar-refractivity contribution in [1.82, 2.24) is 20.2 Å². The summed E-state index contributed by atoms with van der Waals surface area (Å²) in [5, 5.41) is 3.45.